The maximum absolute atomic E-state index is 12.0. The van der Waals surface area contributed by atoms with Crippen LogP contribution < -0.4 is 5.32 Å². The molecule has 2 rings (SSSR count). The van der Waals surface area contributed by atoms with Crippen molar-refractivity contribution in [2.24, 2.45) is 5.92 Å². The van der Waals surface area contributed by atoms with E-state index in [4.69, 9.17) is 27.9 Å². The maximum Gasteiger partial charge on any atom is 0.307 e. The number of anilines is 1. The van der Waals surface area contributed by atoms with E-state index in [2.05, 4.69) is 11.4 Å². The number of esters is 1. The SMILES string of the molecule is C[C@@H](OC(=O)C[C@@H]1C=CCC1)C(=O)Nc1cc(Cl)cc(Cl)c1. The largest absolute Gasteiger partial charge is 0.453 e. The van der Waals surface area contributed by atoms with Crippen LogP contribution in [0, 0.1) is 5.92 Å². The number of carbonyl (C=O) groups excluding carboxylic acids is 2. The van der Waals surface area contributed by atoms with Gasteiger partial charge in [-0.1, -0.05) is 35.4 Å². The van der Waals surface area contributed by atoms with Crippen LogP contribution in [0.25, 0.3) is 0 Å². The number of ether oxygens (including phenoxy) is 1. The normalized spacial score (nSPS) is 18.0. The van der Waals surface area contributed by atoms with Gasteiger partial charge < -0.3 is 10.1 Å². The van der Waals surface area contributed by atoms with Crippen molar-refractivity contribution in [1.82, 2.24) is 0 Å². The van der Waals surface area contributed by atoms with Gasteiger partial charge in [0.2, 0.25) is 0 Å². The first-order valence-corrected chi connectivity index (χ1v) is 7.83. The lowest BCUT2D eigenvalue weighted by atomic mass is 10.1. The molecule has 4 nitrogen and oxygen atoms in total. The molecule has 1 amide bonds. The Kier molecular flexibility index (Phi) is 5.86. The second kappa shape index (κ2) is 7.65. The van der Waals surface area contributed by atoms with Gasteiger partial charge in [-0.2, -0.15) is 0 Å². The predicted octanol–water partition coefficient (Wildman–Crippen LogP) is 4.22. The highest BCUT2D eigenvalue weighted by Crippen LogP contribution is 2.23. The summed E-state index contributed by atoms with van der Waals surface area (Å²) in [6, 6.07) is 4.71. The van der Waals surface area contributed by atoms with Gasteiger partial charge in [0.1, 0.15) is 0 Å². The van der Waals surface area contributed by atoms with E-state index in [1.807, 2.05) is 6.08 Å². The fraction of sp³-hybridized carbons (Fsp3) is 0.375. The number of benzene rings is 1. The molecule has 0 unspecified atom stereocenters. The zero-order valence-electron chi connectivity index (χ0n) is 12.1. The molecule has 0 spiro atoms. The van der Waals surface area contributed by atoms with Gasteiger partial charge in [0.25, 0.3) is 5.91 Å². The first kappa shape index (κ1) is 16.8. The zero-order chi connectivity index (χ0) is 16.1. The molecule has 2 atom stereocenters. The number of amides is 1. The summed E-state index contributed by atoms with van der Waals surface area (Å²) in [6.07, 6.45) is 5.43. The van der Waals surface area contributed by atoms with Gasteiger partial charge in [-0.3, -0.25) is 9.59 Å². The van der Waals surface area contributed by atoms with Gasteiger partial charge in [0.05, 0.1) is 6.42 Å². The summed E-state index contributed by atoms with van der Waals surface area (Å²) in [5.74, 6) is -0.577. The summed E-state index contributed by atoms with van der Waals surface area (Å²) in [5.41, 5.74) is 0.462. The van der Waals surface area contributed by atoms with Crippen molar-refractivity contribution in [2.45, 2.75) is 32.3 Å². The highest BCUT2D eigenvalue weighted by atomic mass is 35.5. The lowest BCUT2D eigenvalue weighted by molar-refractivity contribution is -0.153. The van der Waals surface area contributed by atoms with E-state index in [1.165, 1.54) is 6.92 Å². The molecule has 0 aliphatic heterocycles. The Bertz CT molecular complexity index is 581. The summed E-state index contributed by atoms with van der Waals surface area (Å²) in [6.45, 7) is 1.53. The Hall–Kier alpha value is -1.52. The van der Waals surface area contributed by atoms with Gasteiger partial charge in [-0.05, 0) is 43.9 Å². The van der Waals surface area contributed by atoms with Crippen LogP contribution in [0.5, 0.6) is 0 Å². The number of hydrogen-bond acceptors (Lipinski definition) is 3. The molecule has 0 bridgehead atoms. The van der Waals surface area contributed by atoms with Crippen molar-refractivity contribution in [1.29, 1.82) is 0 Å². The smallest absolute Gasteiger partial charge is 0.307 e. The average Bonchev–Trinajstić information content (AvgIpc) is 2.89. The Morgan fingerprint density at radius 3 is 2.59 bits per heavy atom. The quantitative estimate of drug-likeness (QED) is 0.644. The monoisotopic (exact) mass is 341 g/mol. The second-order valence-electron chi connectivity index (χ2n) is 5.25. The predicted molar refractivity (Wildman–Crippen MR) is 87.1 cm³/mol. The summed E-state index contributed by atoms with van der Waals surface area (Å²) >= 11 is 11.7. The lowest BCUT2D eigenvalue weighted by Gasteiger charge is -2.15. The average molecular weight is 342 g/mol. The minimum Gasteiger partial charge on any atom is -0.453 e. The third kappa shape index (κ3) is 5.04. The first-order valence-electron chi connectivity index (χ1n) is 7.07. The minimum atomic E-state index is -0.879. The number of carbonyl (C=O) groups is 2. The number of halogens is 2. The Morgan fingerprint density at radius 2 is 2.00 bits per heavy atom. The van der Waals surface area contributed by atoms with Crippen LogP contribution in [0.2, 0.25) is 10.0 Å². The molecule has 0 fully saturated rings. The fourth-order valence-corrected chi connectivity index (χ4v) is 2.77. The van der Waals surface area contributed by atoms with Crippen molar-refractivity contribution < 1.29 is 14.3 Å². The van der Waals surface area contributed by atoms with E-state index in [9.17, 15) is 9.59 Å². The third-order valence-electron chi connectivity index (χ3n) is 3.35. The van der Waals surface area contributed by atoms with E-state index >= 15 is 0 Å². The van der Waals surface area contributed by atoms with E-state index in [1.54, 1.807) is 18.2 Å². The molecule has 0 radical (unpaired) electrons. The van der Waals surface area contributed by atoms with Gasteiger partial charge >= 0.3 is 5.97 Å². The molecule has 0 aromatic heterocycles. The minimum absolute atomic E-state index is 0.217. The van der Waals surface area contributed by atoms with Gasteiger partial charge in [0, 0.05) is 15.7 Å². The Balaban J connectivity index is 1.85. The van der Waals surface area contributed by atoms with Crippen LogP contribution in [-0.2, 0) is 14.3 Å². The second-order valence-corrected chi connectivity index (χ2v) is 6.12. The first-order chi connectivity index (χ1) is 10.4. The van der Waals surface area contributed by atoms with Crippen LogP contribution >= 0.6 is 23.2 Å². The van der Waals surface area contributed by atoms with Crippen molar-refractivity contribution >= 4 is 40.8 Å². The molecular formula is C16H17Cl2NO3. The summed E-state index contributed by atoms with van der Waals surface area (Å²) in [5, 5.41) is 3.46. The Labute approximate surface area is 139 Å². The van der Waals surface area contributed by atoms with Gasteiger partial charge in [-0.25, -0.2) is 0 Å². The summed E-state index contributed by atoms with van der Waals surface area (Å²) in [7, 11) is 0. The highest BCUT2D eigenvalue weighted by Gasteiger charge is 2.21. The van der Waals surface area contributed by atoms with Crippen LogP contribution in [0.3, 0.4) is 0 Å². The molecule has 1 aliphatic carbocycles. The molecule has 6 heteroatoms. The van der Waals surface area contributed by atoms with Gasteiger partial charge in [0.15, 0.2) is 6.10 Å². The van der Waals surface area contributed by atoms with Crippen LogP contribution in [0.4, 0.5) is 5.69 Å². The van der Waals surface area contributed by atoms with Crippen molar-refractivity contribution in [3.8, 4) is 0 Å². The molecule has 0 heterocycles. The van der Waals surface area contributed by atoms with Crippen LogP contribution in [0.1, 0.15) is 26.2 Å². The highest BCUT2D eigenvalue weighted by molar-refractivity contribution is 6.35. The van der Waals surface area contributed by atoms with E-state index < -0.39 is 12.0 Å². The zero-order valence-corrected chi connectivity index (χ0v) is 13.7. The maximum atomic E-state index is 12.0. The third-order valence-corrected chi connectivity index (χ3v) is 3.79. The van der Waals surface area contributed by atoms with Crippen LogP contribution in [-0.4, -0.2) is 18.0 Å². The summed E-state index contributed by atoms with van der Waals surface area (Å²) < 4.78 is 5.16. The number of allylic oxidation sites excluding steroid dienone is 2. The topological polar surface area (TPSA) is 55.4 Å². The molecule has 0 saturated heterocycles. The molecular weight excluding hydrogens is 325 g/mol. The molecule has 22 heavy (non-hydrogen) atoms. The molecule has 118 valence electrons. The summed E-state index contributed by atoms with van der Waals surface area (Å²) in [4.78, 5) is 23.8. The molecule has 1 aliphatic rings. The molecule has 1 aromatic carbocycles. The van der Waals surface area contributed by atoms with E-state index in [0.717, 1.165) is 12.8 Å². The fourth-order valence-electron chi connectivity index (χ4n) is 2.25. The van der Waals surface area contributed by atoms with Crippen molar-refractivity contribution in [3.63, 3.8) is 0 Å². The van der Waals surface area contributed by atoms with E-state index in [0.29, 0.717) is 22.2 Å². The molecule has 1 N–H and O–H groups in total. The van der Waals surface area contributed by atoms with Gasteiger partial charge in [-0.15, -0.1) is 0 Å². The lowest BCUT2D eigenvalue weighted by Crippen LogP contribution is -2.30. The molecule has 1 aromatic rings. The molecule has 0 saturated carbocycles. The van der Waals surface area contributed by atoms with Crippen molar-refractivity contribution in [2.75, 3.05) is 5.32 Å². The van der Waals surface area contributed by atoms with Crippen LogP contribution in [0.15, 0.2) is 30.4 Å². The number of nitrogens with one attached hydrogen (secondary N) is 1. The van der Waals surface area contributed by atoms with Crippen molar-refractivity contribution in [3.05, 3.63) is 40.4 Å². The number of rotatable bonds is 5. The Morgan fingerprint density at radius 1 is 1.32 bits per heavy atom. The number of hydrogen-bond donors (Lipinski definition) is 1. The van der Waals surface area contributed by atoms with E-state index in [-0.39, 0.29) is 11.9 Å². The standard InChI is InChI=1S/C16H17Cl2NO3/c1-10(22-15(20)6-11-4-2-3-5-11)16(21)19-14-8-12(17)7-13(18)9-14/h2,4,7-11H,3,5-6H2,1H3,(H,19,21)/t10-,11-/m1/s1.